The molecule has 0 spiro atoms. The van der Waals surface area contributed by atoms with Crippen LogP contribution in [0.25, 0.3) is 0 Å². The van der Waals surface area contributed by atoms with Crippen LogP contribution in [0.2, 0.25) is 5.02 Å². The average molecular weight is 403 g/mol. The molecule has 0 aliphatic carbocycles. The smallest absolute Gasteiger partial charge is 0.256 e. The highest BCUT2D eigenvalue weighted by Gasteiger charge is 2.20. The Kier molecular flexibility index (Phi) is 6.70. The van der Waals surface area contributed by atoms with Crippen molar-refractivity contribution < 1.29 is 4.74 Å². The Labute approximate surface area is 171 Å². The highest BCUT2D eigenvalue weighted by molar-refractivity contribution is 6.31. The Hall–Kier alpha value is -2.38. The number of nitrogens with zero attached hydrogens (tertiary/aromatic N) is 4. The number of hydrogen-bond donors (Lipinski definition) is 2. The van der Waals surface area contributed by atoms with Crippen LogP contribution in [0.5, 0.6) is 5.88 Å². The van der Waals surface area contributed by atoms with Gasteiger partial charge in [0.05, 0.1) is 0 Å². The van der Waals surface area contributed by atoms with Crippen molar-refractivity contribution in [1.82, 2.24) is 14.9 Å². The van der Waals surface area contributed by atoms with E-state index < -0.39 is 0 Å². The van der Waals surface area contributed by atoms with E-state index in [1.165, 1.54) is 0 Å². The molecule has 3 N–H and O–H groups in total. The zero-order valence-electron chi connectivity index (χ0n) is 16.6. The maximum Gasteiger partial charge on any atom is 0.256 e. The van der Waals surface area contributed by atoms with E-state index in [2.05, 4.69) is 32.1 Å². The minimum Gasteiger partial charge on any atom is -0.474 e. The van der Waals surface area contributed by atoms with E-state index in [1.54, 1.807) is 0 Å². The van der Waals surface area contributed by atoms with Gasteiger partial charge in [0.2, 0.25) is 11.8 Å². The summed E-state index contributed by atoms with van der Waals surface area (Å²) < 4.78 is 6.08. The maximum atomic E-state index is 6.08. The molecule has 0 unspecified atom stereocenters. The van der Waals surface area contributed by atoms with Crippen molar-refractivity contribution in [3.8, 4) is 5.88 Å². The van der Waals surface area contributed by atoms with Crippen LogP contribution in [-0.2, 0) is 0 Å². The van der Waals surface area contributed by atoms with Gasteiger partial charge in [-0.05, 0) is 57.0 Å². The normalized spacial score (nSPS) is 16.2. The van der Waals surface area contributed by atoms with Gasteiger partial charge >= 0.3 is 0 Å². The van der Waals surface area contributed by atoms with Crippen LogP contribution >= 0.6 is 11.6 Å². The summed E-state index contributed by atoms with van der Waals surface area (Å²) in [4.78, 5) is 15.5. The molecule has 0 bridgehead atoms. The monoisotopic (exact) mass is 402 g/mol. The number of benzene rings is 1. The molecule has 2 heterocycles. The lowest BCUT2D eigenvalue weighted by atomic mass is 10.1. The summed E-state index contributed by atoms with van der Waals surface area (Å²) in [5, 5.41) is 3.74. The van der Waals surface area contributed by atoms with Gasteiger partial charge in [-0.2, -0.15) is 9.98 Å². The largest absolute Gasteiger partial charge is 0.474 e. The number of guanidine groups is 1. The number of ether oxygens (including phenoxy) is 1. The quantitative estimate of drug-likeness (QED) is 0.586. The molecule has 0 amide bonds. The van der Waals surface area contributed by atoms with Crippen molar-refractivity contribution in [1.29, 1.82) is 0 Å². The van der Waals surface area contributed by atoms with Crippen LogP contribution in [-0.4, -0.2) is 46.6 Å². The molecule has 28 heavy (non-hydrogen) atoms. The summed E-state index contributed by atoms with van der Waals surface area (Å²) in [7, 11) is 0. The molecule has 1 aromatic carbocycles. The van der Waals surface area contributed by atoms with Crippen molar-refractivity contribution in [2.45, 2.75) is 39.7 Å². The number of likely N-dealkylation sites (tertiary alicyclic amines) is 1. The number of rotatable bonds is 5. The van der Waals surface area contributed by atoms with E-state index in [-0.39, 0.29) is 18.0 Å². The standard InChI is InChI=1S/C20H27ClN6O/c1-4-27-9-7-16(8-10-27)28-18-12-14(3)23-20(25-18)26-19(22)24-15-5-6-17(21)13(2)11-15/h5-6,11-12,16H,4,7-10H2,1-3H3,(H3,22,23,24,25,26). The van der Waals surface area contributed by atoms with Crippen LogP contribution in [0, 0.1) is 13.8 Å². The Morgan fingerprint density at radius 1 is 1.29 bits per heavy atom. The molecule has 150 valence electrons. The number of piperidine rings is 1. The zero-order valence-corrected chi connectivity index (χ0v) is 17.3. The molecule has 7 nitrogen and oxygen atoms in total. The summed E-state index contributed by atoms with van der Waals surface area (Å²) in [6.07, 6.45) is 2.16. The lowest BCUT2D eigenvalue weighted by Gasteiger charge is -2.30. The Bertz CT molecular complexity index is 849. The molecule has 0 saturated carbocycles. The van der Waals surface area contributed by atoms with Crippen molar-refractivity contribution in [2.24, 2.45) is 10.7 Å². The predicted octanol–water partition coefficient (Wildman–Crippen LogP) is 3.67. The molecule has 2 aromatic rings. The molecule has 0 atom stereocenters. The van der Waals surface area contributed by atoms with Crippen molar-refractivity contribution in [2.75, 3.05) is 25.0 Å². The minimum atomic E-state index is 0.168. The van der Waals surface area contributed by atoms with E-state index in [0.717, 1.165) is 49.4 Å². The second-order valence-electron chi connectivity index (χ2n) is 6.99. The predicted molar refractivity (Wildman–Crippen MR) is 114 cm³/mol. The molecule has 1 fully saturated rings. The number of halogens is 1. The van der Waals surface area contributed by atoms with Crippen LogP contribution < -0.4 is 15.8 Å². The average Bonchev–Trinajstić information content (AvgIpc) is 2.65. The molecular formula is C20H27ClN6O. The Morgan fingerprint density at radius 3 is 2.71 bits per heavy atom. The van der Waals surface area contributed by atoms with Gasteiger partial charge in [-0.25, -0.2) is 4.98 Å². The summed E-state index contributed by atoms with van der Waals surface area (Å²) in [6, 6.07) is 7.38. The molecule has 1 saturated heterocycles. The molecule has 8 heteroatoms. The SMILES string of the molecule is CCN1CCC(Oc2cc(C)nc(N=C(N)Nc3ccc(Cl)c(C)c3)n2)CC1. The van der Waals surface area contributed by atoms with Crippen molar-refractivity contribution in [3.05, 3.63) is 40.5 Å². The lowest BCUT2D eigenvalue weighted by Crippen LogP contribution is -2.38. The third-order valence-corrected chi connectivity index (χ3v) is 5.16. The summed E-state index contributed by atoms with van der Waals surface area (Å²) >= 11 is 6.05. The van der Waals surface area contributed by atoms with Gasteiger partial charge in [0, 0.05) is 35.6 Å². The van der Waals surface area contributed by atoms with Crippen LogP contribution in [0.15, 0.2) is 29.3 Å². The first-order valence-electron chi connectivity index (χ1n) is 9.55. The fourth-order valence-electron chi connectivity index (χ4n) is 3.16. The van der Waals surface area contributed by atoms with Gasteiger partial charge in [-0.1, -0.05) is 18.5 Å². The Morgan fingerprint density at radius 2 is 2.04 bits per heavy atom. The van der Waals surface area contributed by atoms with Gasteiger partial charge in [-0.3, -0.25) is 0 Å². The number of nitrogens with one attached hydrogen (secondary N) is 1. The van der Waals surface area contributed by atoms with E-state index in [4.69, 9.17) is 22.1 Å². The fraction of sp³-hybridized carbons (Fsp3) is 0.450. The third-order valence-electron chi connectivity index (χ3n) is 4.74. The second kappa shape index (κ2) is 9.21. The molecule has 3 rings (SSSR count). The highest BCUT2D eigenvalue weighted by atomic mass is 35.5. The van der Waals surface area contributed by atoms with E-state index in [1.807, 2.05) is 38.1 Å². The molecule has 1 aliphatic rings. The summed E-state index contributed by atoms with van der Waals surface area (Å²) in [6.45, 7) is 9.18. The van der Waals surface area contributed by atoms with Gasteiger partial charge in [0.25, 0.3) is 5.95 Å². The maximum absolute atomic E-state index is 6.08. The number of nitrogens with two attached hydrogens (primary N) is 1. The number of aromatic nitrogens is 2. The molecule has 1 aliphatic heterocycles. The molecular weight excluding hydrogens is 376 g/mol. The van der Waals surface area contributed by atoms with Crippen LogP contribution in [0.1, 0.15) is 31.0 Å². The van der Waals surface area contributed by atoms with E-state index in [0.29, 0.717) is 10.9 Å². The highest BCUT2D eigenvalue weighted by Crippen LogP contribution is 2.21. The number of hydrogen-bond acceptors (Lipinski definition) is 5. The van der Waals surface area contributed by atoms with Gasteiger partial charge in [-0.15, -0.1) is 0 Å². The molecule has 0 radical (unpaired) electrons. The van der Waals surface area contributed by atoms with Gasteiger partial charge in [0.15, 0.2) is 0 Å². The van der Waals surface area contributed by atoms with Crippen LogP contribution in [0.3, 0.4) is 0 Å². The first-order valence-corrected chi connectivity index (χ1v) is 9.92. The number of anilines is 1. The van der Waals surface area contributed by atoms with Crippen LogP contribution in [0.4, 0.5) is 11.6 Å². The minimum absolute atomic E-state index is 0.168. The third kappa shape index (κ3) is 5.56. The van der Waals surface area contributed by atoms with E-state index >= 15 is 0 Å². The summed E-state index contributed by atoms with van der Waals surface area (Å²) in [5.74, 6) is 1.02. The number of aliphatic imine (C=N–C) groups is 1. The van der Waals surface area contributed by atoms with Crippen molar-refractivity contribution >= 4 is 29.2 Å². The first kappa shape index (κ1) is 20.4. The van der Waals surface area contributed by atoms with Crippen molar-refractivity contribution in [3.63, 3.8) is 0 Å². The first-order chi connectivity index (χ1) is 13.4. The topological polar surface area (TPSA) is 88.7 Å². The Balaban J connectivity index is 1.68. The van der Waals surface area contributed by atoms with Gasteiger partial charge < -0.3 is 20.7 Å². The second-order valence-corrected chi connectivity index (χ2v) is 7.39. The van der Waals surface area contributed by atoms with Gasteiger partial charge in [0.1, 0.15) is 6.10 Å². The zero-order chi connectivity index (χ0) is 20.1. The number of aryl methyl sites for hydroxylation is 2. The summed E-state index contributed by atoms with van der Waals surface area (Å²) in [5.41, 5.74) is 8.56. The fourth-order valence-corrected chi connectivity index (χ4v) is 3.27. The molecule has 1 aromatic heterocycles. The lowest BCUT2D eigenvalue weighted by molar-refractivity contribution is 0.0997. The van der Waals surface area contributed by atoms with E-state index in [9.17, 15) is 0 Å².